The number of nitrogens with one attached hydrogen (secondary N) is 2. The van der Waals surface area contributed by atoms with Crippen LogP contribution in [0.4, 0.5) is 5.69 Å². The summed E-state index contributed by atoms with van der Waals surface area (Å²) in [6.07, 6.45) is 3.49. The van der Waals surface area contributed by atoms with Crippen molar-refractivity contribution in [3.8, 4) is 0 Å². The molecule has 1 aromatic carbocycles. The molecule has 1 amide bonds. The highest BCUT2D eigenvalue weighted by Gasteiger charge is 2.07. The van der Waals surface area contributed by atoms with Gasteiger partial charge in [-0.25, -0.2) is 0 Å². The topological polar surface area (TPSA) is 54.3 Å². The van der Waals surface area contributed by atoms with Crippen molar-refractivity contribution in [1.82, 2.24) is 5.32 Å². The molecule has 4 nitrogen and oxygen atoms in total. The molecule has 20 heavy (non-hydrogen) atoms. The van der Waals surface area contributed by atoms with Crippen LogP contribution in [0.3, 0.4) is 0 Å². The number of carbonyl (C=O) groups excluding carboxylic acids is 1. The van der Waals surface area contributed by atoms with E-state index in [1.807, 2.05) is 42.5 Å². The van der Waals surface area contributed by atoms with Crippen LogP contribution < -0.4 is 10.6 Å². The number of amides is 1. The fraction of sp³-hybridized carbons (Fsp3) is 0.312. The van der Waals surface area contributed by atoms with E-state index in [4.69, 9.17) is 4.42 Å². The molecule has 0 spiro atoms. The SMILES string of the molecule is CC(CCc1ccco1)NCC(=O)Nc1ccccc1. The van der Waals surface area contributed by atoms with Gasteiger partial charge in [0.25, 0.3) is 0 Å². The zero-order chi connectivity index (χ0) is 14.2. The maximum Gasteiger partial charge on any atom is 0.238 e. The first-order chi connectivity index (χ1) is 9.74. The van der Waals surface area contributed by atoms with Crippen molar-refractivity contribution >= 4 is 11.6 Å². The molecular formula is C16H20N2O2. The molecule has 1 unspecified atom stereocenters. The average Bonchev–Trinajstić information content (AvgIpc) is 2.97. The Hall–Kier alpha value is -2.07. The monoisotopic (exact) mass is 272 g/mol. The highest BCUT2D eigenvalue weighted by atomic mass is 16.3. The lowest BCUT2D eigenvalue weighted by molar-refractivity contribution is -0.115. The first-order valence-electron chi connectivity index (χ1n) is 6.84. The molecule has 0 aliphatic rings. The predicted octanol–water partition coefficient (Wildman–Crippen LogP) is 2.83. The van der Waals surface area contributed by atoms with Crippen LogP contribution in [0.2, 0.25) is 0 Å². The highest BCUT2D eigenvalue weighted by molar-refractivity contribution is 5.92. The Morgan fingerprint density at radius 1 is 1.20 bits per heavy atom. The molecule has 0 aliphatic heterocycles. The van der Waals surface area contributed by atoms with Gasteiger partial charge in [-0.2, -0.15) is 0 Å². The lowest BCUT2D eigenvalue weighted by Gasteiger charge is -2.13. The molecular weight excluding hydrogens is 252 g/mol. The fourth-order valence-electron chi connectivity index (χ4n) is 1.91. The maximum absolute atomic E-state index is 11.8. The van der Waals surface area contributed by atoms with Crippen LogP contribution in [0, 0.1) is 0 Å². The summed E-state index contributed by atoms with van der Waals surface area (Å²) < 4.78 is 5.28. The molecule has 1 heterocycles. The van der Waals surface area contributed by atoms with E-state index in [0.717, 1.165) is 24.3 Å². The van der Waals surface area contributed by atoms with Crippen molar-refractivity contribution in [2.75, 3.05) is 11.9 Å². The second-order valence-electron chi connectivity index (χ2n) is 4.81. The molecule has 106 valence electrons. The van der Waals surface area contributed by atoms with Crippen LogP contribution in [-0.2, 0) is 11.2 Å². The molecule has 2 N–H and O–H groups in total. The summed E-state index contributed by atoms with van der Waals surface area (Å²) in [5.74, 6) is 0.952. The number of benzene rings is 1. The first-order valence-corrected chi connectivity index (χ1v) is 6.84. The molecule has 0 bridgehead atoms. The van der Waals surface area contributed by atoms with Gasteiger partial charge in [0, 0.05) is 18.2 Å². The van der Waals surface area contributed by atoms with Crippen molar-refractivity contribution in [2.24, 2.45) is 0 Å². The van der Waals surface area contributed by atoms with Crippen molar-refractivity contribution < 1.29 is 9.21 Å². The number of rotatable bonds is 7. The van der Waals surface area contributed by atoms with Crippen LogP contribution in [0.1, 0.15) is 19.1 Å². The van der Waals surface area contributed by atoms with Gasteiger partial charge in [0.2, 0.25) is 5.91 Å². The van der Waals surface area contributed by atoms with Crippen LogP contribution in [0.15, 0.2) is 53.1 Å². The summed E-state index contributed by atoms with van der Waals surface area (Å²) in [6.45, 7) is 2.38. The number of hydrogen-bond donors (Lipinski definition) is 2. The molecule has 4 heteroatoms. The smallest absolute Gasteiger partial charge is 0.238 e. The number of anilines is 1. The predicted molar refractivity (Wildman–Crippen MR) is 79.6 cm³/mol. The molecule has 0 saturated heterocycles. The number of aryl methyl sites for hydroxylation is 1. The van der Waals surface area contributed by atoms with Crippen molar-refractivity contribution in [2.45, 2.75) is 25.8 Å². The zero-order valence-electron chi connectivity index (χ0n) is 11.6. The Kier molecular flexibility index (Phi) is 5.38. The van der Waals surface area contributed by atoms with Gasteiger partial charge in [-0.1, -0.05) is 18.2 Å². The third kappa shape index (κ3) is 4.90. The zero-order valence-corrected chi connectivity index (χ0v) is 11.6. The maximum atomic E-state index is 11.8. The van der Waals surface area contributed by atoms with Gasteiger partial charge >= 0.3 is 0 Å². The van der Waals surface area contributed by atoms with Crippen LogP contribution in [0.5, 0.6) is 0 Å². The summed E-state index contributed by atoms with van der Waals surface area (Å²) in [5, 5.41) is 6.06. The number of hydrogen-bond acceptors (Lipinski definition) is 3. The highest BCUT2D eigenvalue weighted by Crippen LogP contribution is 2.06. The molecule has 0 saturated carbocycles. The molecule has 0 aliphatic carbocycles. The van der Waals surface area contributed by atoms with Crippen molar-refractivity contribution in [3.63, 3.8) is 0 Å². The second kappa shape index (κ2) is 7.50. The lowest BCUT2D eigenvalue weighted by Crippen LogP contribution is -2.34. The van der Waals surface area contributed by atoms with Gasteiger partial charge in [-0.15, -0.1) is 0 Å². The average molecular weight is 272 g/mol. The van der Waals surface area contributed by atoms with E-state index < -0.39 is 0 Å². The van der Waals surface area contributed by atoms with E-state index in [-0.39, 0.29) is 11.9 Å². The van der Waals surface area contributed by atoms with E-state index in [0.29, 0.717) is 6.54 Å². The van der Waals surface area contributed by atoms with Gasteiger partial charge in [0.1, 0.15) is 5.76 Å². The molecule has 2 rings (SSSR count). The molecule has 2 aromatic rings. The number of para-hydroxylation sites is 1. The van der Waals surface area contributed by atoms with E-state index in [1.165, 1.54) is 0 Å². The Balaban J connectivity index is 1.65. The van der Waals surface area contributed by atoms with E-state index in [9.17, 15) is 4.79 Å². The van der Waals surface area contributed by atoms with Gasteiger partial charge in [0.05, 0.1) is 12.8 Å². The number of carbonyl (C=O) groups is 1. The molecule has 0 fully saturated rings. The van der Waals surface area contributed by atoms with Crippen molar-refractivity contribution in [1.29, 1.82) is 0 Å². The molecule has 1 atom stereocenters. The molecule has 1 aromatic heterocycles. The van der Waals surface area contributed by atoms with Crippen LogP contribution >= 0.6 is 0 Å². The second-order valence-corrected chi connectivity index (χ2v) is 4.81. The van der Waals surface area contributed by atoms with Gasteiger partial charge in [0.15, 0.2) is 0 Å². The summed E-state index contributed by atoms with van der Waals surface area (Å²) >= 11 is 0. The van der Waals surface area contributed by atoms with Crippen molar-refractivity contribution in [3.05, 3.63) is 54.5 Å². The Labute approximate surface area is 119 Å². The van der Waals surface area contributed by atoms with Gasteiger partial charge in [-0.3, -0.25) is 4.79 Å². The first kappa shape index (κ1) is 14.3. The Morgan fingerprint density at radius 2 is 2.00 bits per heavy atom. The normalized spacial score (nSPS) is 12.1. The minimum atomic E-state index is -0.0268. The standard InChI is InChI=1S/C16H20N2O2/c1-13(9-10-15-8-5-11-20-15)17-12-16(19)18-14-6-3-2-4-7-14/h2-8,11,13,17H,9-10,12H2,1H3,(H,18,19). The van der Waals surface area contributed by atoms with Gasteiger partial charge in [-0.05, 0) is 37.6 Å². The summed E-state index contributed by atoms with van der Waals surface area (Å²) in [5.41, 5.74) is 0.822. The van der Waals surface area contributed by atoms with E-state index >= 15 is 0 Å². The minimum Gasteiger partial charge on any atom is -0.469 e. The largest absolute Gasteiger partial charge is 0.469 e. The van der Waals surface area contributed by atoms with Gasteiger partial charge < -0.3 is 15.1 Å². The van der Waals surface area contributed by atoms with Crippen LogP contribution in [0.25, 0.3) is 0 Å². The van der Waals surface area contributed by atoms with E-state index in [1.54, 1.807) is 6.26 Å². The Morgan fingerprint density at radius 3 is 2.70 bits per heavy atom. The van der Waals surface area contributed by atoms with E-state index in [2.05, 4.69) is 17.6 Å². The third-order valence-electron chi connectivity index (χ3n) is 3.07. The fourth-order valence-corrected chi connectivity index (χ4v) is 1.91. The third-order valence-corrected chi connectivity index (χ3v) is 3.07. The summed E-state index contributed by atoms with van der Waals surface area (Å²) in [7, 11) is 0. The quantitative estimate of drug-likeness (QED) is 0.815. The summed E-state index contributed by atoms with van der Waals surface area (Å²) in [6, 6.07) is 13.6. The lowest BCUT2D eigenvalue weighted by atomic mass is 10.1. The number of furan rings is 1. The Bertz CT molecular complexity index is 509. The molecule has 0 radical (unpaired) electrons. The van der Waals surface area contributed by atoms with Crippen LogP contribution in [-0.4, -0.2) is 18.5 Å². The summed E-state index contributed by atoms with van der Waals surface area (Å²) in [4.78, 5) is 11.8. The minimum absolute atomic E-state index is 0.0268.